The number of carbonyl (C=O) groups is 1. The Hall–Kier alpha value is -0.820. The lowest BCUT2D eigenvalue weighted by Gasteiger charge is -2.25. The second-order valence-electron chi connectivity index (χ2n) is 3.37. The number of nitrogens with zero attached hydrogens (tertiary/aromatic N) is 1. The summed E-state index contributed by atoms with van der Waals surface area (Å²) in [5.74, 6) is -1.17. The maximum atomic E-state index is 12.4. The van der Waals surface area contributed by atoms with Gasteiger partial charge in [0, 0.05) is 12.6 Å². The van der Waals surface area contributed by atoms with Crippen LogP contribution in [0.5, 0.6) is 0 Å². The topological polar surface area (TPSA) is 49.8 Å². The Morgan fingerprint density at radius 2 is 2.20 bits per heavy atom. The Bertz CT molecular complexity index is 232. The molecule has 0 aromatic carbocycles. The monoisotopic (exact) mass is 227 g/mol. The summed E-state index contributed by atoms with van der Waals surface area (Å²) in [5, 5.41) is 8.25. The molecule has 4 nitrogen and oxygen atoms in total. The van der Waals surface area contributed by atoms with E-state index in [-0.39, 0.29) is 13.2 Å². The molecule has 0 amide bonds. The second-order valence-corrected chi connectivity index (χ2v) is 3.37. The molecule has 7 heteroatoms. The zero-order valence-corrected chi connectivity index (χ0v) is 7.96. The summed E-state index contributed by atoms with van der Waals surface area (Å²) < 4.78 is 41.7. The number of hydrogen-bond acceptors (Lipinski definition) is 3. The predicted octanol–water partition coefficient (Wildman–Crippen LogP) is 1.07. The third-order valence-electron chi connectivity index (χ3n) is 2.24. The average molecular weight is 227 g/mol. The molecule has 0 spiro atoms. The molecule has 15 heavy (non-hydrogen) atoms. The van der Waals surface area contributed by atoms with Crippen molar-refractivity contribution < 1.29 is 27.8 Å². The van der Waals surface area contributed by atoms with E-state index in [9.17, 15) is 18.0 Å². The van der Waals surface area contributed by atoms with Gasteiger partial charge >= 0.3 is 12.3 Å². The lowest BCUT2D eigenvalue weighted by molar-refractivity contribution is -0.253. The molecule has 0 unspecified atom stereocenters. The van der Waals surface area contributed by atoms with Crippen molar-refractivity contribution in [2.75, 3.05) is 19.8 Å². The predicted molar refractivity (Wildman–Crippen MR) is 44.2 cm³/mol. The summed E-state index contributed by atoms with van der Waals surface area (Å²) in [6.07, 6.45) is -3.51. The fraction of sp³-hybridized carbons (Fsp3) is 0.875. The quantitative estimate of drug-likeness (QED) is 0.730. The van der Waals surface area contributed by atoms with Gasteiger partial charge < -0.3 is 9.84 Å². The maximum Gasteiger partial charge on any atom is 0.460 e. The first-order chi connectivity index (χ1) is 6.91. The molecule has 0 aromatic heterocycles. The van der Waals surface area contributed by atoms with Gasteiger partial charge in [-0.1, -0.05) is 0 Å². The molecule has 1 rings (SSSR count). The van der Waals surface area contributed by atoms with E-state index in [0.717, 1.165) is 0 Å². The van der Waals surface area contributed by atoms with Crippen molar-refractivity contribution in [2.24, 2.45) is 0 Å². The molecule has 1 saturated heterocycles. The third kappa shape index (κ3) is 3.67. The Balaban J connectivity index is 2.37. The van der Waals surface area contributed by atoms with Crippen LogP contribution in [0.15, 0.2) is 0 Å². The number of ether oxygens (including phenoxy) is 1. The number of likely N-dealkylation sites (tertiary alicyclic amines) is 1. The van der Waals surface area contributed by atoms with Crippen LogP contribution in [0.2, 0.25) is 0 Å². The molecule has 1 atom stereocenters. The second kappa shape index (κ2) is 4.80. The molecule has 0 aliphatic carbocycles. The molecular weight excluding hydrogens is 215 g/mol. The average Bonchev–Trinajstić information content (AvgIpc) is 2.50. The first kappa shape index (κ1) is 12.3. The van der Waals surface area contributed by atoms with Gasteiger partial charge in [-0.2, -0.15) is 13.2 Å². The number of rotatable bonds is 4. The lowest BCUT2D eigenvalue weighted by Crippen LogP contribution is -2.43. The Labute approximate surface area is 84.6 Å². The Morgan fingerprint density at radius 3 is 2.73 bits per heavy atom. The van der Waals surface area contributed by atoms with Gasteiger partial charge in [0.1, 0.15) is 6.61 Å². The van der Waals surface area contributed by atoms with Crippen molar-refractivity contribution >= 4 is 5.97 Å². The summed E-state index contributed by atoms with van der Waals surface area (Å²) in [4.78, 5) is 10.5. The summed E-state index contributed by atoms with van der Waals surface area (Å²) in [6.45, 7) is -0.779. The fourth-order valence-electron chi connectivity index (χ4n) is 1.63. The van der Waals surface area contributed by atoms with E-state index < -0.39 is 24.9 Å². The van der Waals surface area contributed by atoms with E-state index in [1.54, 1.807) is 0 Å². The summed E-state index contributed by atoms with van der Waals surface area (Å²) in [7, 11) is 0. The fourth-order valence-corrected chi connectivity index (χ4v) is 1.63. The van der Waals surface area contributed by atoms with Crippen LogP contribution >= 0.6 is 0 Å². The first-order valence-electron chi connectivity index (χ1n) is 4.54. The van der Waals surface area contributed by atoms with Crippen molar-refractivity contribution in [1.82, 2.24) is 4.90 Å². The molecule has 88 valence electrons. The molecule has 1 fully saturated rings. The van der Waals surface area contributed by atoms with E-state index in [1.165, 1.54) is 0 Å². The normalized spacial score (nSPS) is 23.3. The third-order valence-corrected chi connectivity index (χ3v) is 2.24. The van der Waals surface area contributed by atoms with Gasteiger partial charge in [0.15, 0.2) is 0 Å². The van der Waals surface area contributed by atoms with Crippen molar-refractivity contribution in [3.8, 4) is 0 Å². The van der Waals surface area contributed by atoms with Crippen LogP contribution < -0.4 is 0 Å². The van der Waals surface area contributed by atoms with Crippen LogP contribution in [0.3, 0.4) is 0 Å². The Kier molecular flexibility index (Phi) is 3.92. The standard InChI is InChI=1S/C8H12F3NO3/c9-8(10,11)12-3-1-2-6(12)4-15-5-7(13)14/h6H,1-5H2,(H,13,14)/t6-/m0/s1. The van der Waals surface area contributed by atoms with Crippen LogP contribution in [0.25, 0.3) is 0 Å². The molecular formula is C8H12F3NO3. The number of carboxylic acid groups (broad SMARTS) is 1. The van der Waals surface area contributed by atoms with Gasteiger partial charge in [0.05, 0.1) is 6.61 Å². The van der Waals surface area contributed by atoms with Gasteiger partial charge in [0.2, 0.25) is 0 Å². The maximum absolute atomic E-state index is 12.4. The van der Waals surface area contributed by atoms with Gasteiger partial charge in [-0.05, 0) is 12.8 Å². The molecule has 0 saturated carbocycles. The highest BCUT2D eigenvalue weighted by Crippen LogP contribution is 2.30. The zero-order valence-electron chi connectivity index (χ0n) is 7.96. The highest BCUT2D eigenvalue weighted by atomic mass is 19.4. The molecule has 1 aliphatic rings. The largest absolute Gasteiger partial charge is 0.480 e. The number of aliphatic carboxylic acids is 1. The van der Waals surface area contributed by atoms with E-state index in [2.05, 4.69) is 4.74 Å². The molecule has 1 aliphatic heterocycles. The zero-order chi connectivity index (χ0) is 11.5. The van der Waals surface area contributed by atoms with E-state index in [0.29, 0.717) is 17.7 Å². The number of hydrogen-bond donors (Lipinski definition) is 1. The van der Waals surface area contributed by atoms with Crippen molar-refractivity contribution in [3.63, 3.8) is 0 Å². The summed E-state index contributed by atoms with van der Waals surface area (Å²) in [5.41, 5.74) is 0. The van der Waals surface area contributed by atoms with E-state index in [4.69, 9.17) is 5.11 Å². The van der Waals surface area contributed by atoms with Crippen molar-refractivity contribution in [1.29, 1.82) is 0 Å². The number of halogens is 3. The molecule has 0 bridgehead atoms. The van der Waals surface area contributed by atoms with Gasteiger partial charge in [-0.25, -0.2) is 9.69 Å². The van der Waals surface area contributed by atoms with Crippen molar-refractivity contribution in [2.45, 2.75) is 25.2 Å². The SMILES string of the molecule is O=C(O)COC[C@@H]1CCCN1C(F)(F)F. The molecule has 0 radical (unpaired) electrons. The van der Waals surface area contributed by atoms with Crippen LogP contribution in [0, 0.1) is 0 Å². The van der Waals surface area contributed by atoms with Gasteiger partial charge in [0.25, 0.3) is 0 Å². The van der Waals surface area contributed by atoms with Crippen LogP contribution in [-0.4, -0.2) is 48.1 Å². The number of alkyl halides is 3. The highest BCUT2D eigenvalue weighted by Gasteiger charge is 2.44. The van der Waals surface area contributed by atoms with Crippen LogP contribution in [0.1, 0.15) is 12.8 Å². The molecule has 1 heterocycles. The lowest BCUT2D eigenvalue weighted by atomic mass is 10.2. The first-order valence-corrected chi connectivity index (χ1v) is 4.54. The van der Waals surface area contributed by atoms with Crippen molar-refractivity contribution in [3.05, 3.63) is 0 Å². The molecule has 0 aromatic rings. The van der Waals surface area contributed by atoms with Gasteiger partial charge in [-0.15, -0.1) is 0 Å². The summed E-state index contributed by atoms with van der Waals surface area (Å²) >= 11 is 0. The smallest absolute Gasteiger partial charge is 0.460 e. The number of carboxylic acids is 1. The molecule has 1 N–H and O–H groups in total. The van der Waals surface area contributed by atoms with Gasteiger partial charge in [-0.3, -0.25) is 0 Å². The Morgan fingerprint density at radius 1 is 1.53 bits per heavy atom. The van der Waals surface area contributed by atoms with E-state index in [1.807, 2.05) is 0 Å². The van der Waals surface area contributed by atoms with Crippen LogP contribution in [-0.2, 0) is 9.53 Å². The minimum atomic E-state index is -4.35. The minimum absolute atomic E-state index is 0.0371. The van der Waals surface area contributed by atoms with Crippen LogP contribution in [0.4, 0.5) is 13.2 Å². The summed E-state index contributed by atoms with van der Waals surface area (Å²) in [6, 6.07) is -0.746. The minimum Gasteiger partial charge on any atom is -0.480 e. The van der Waals surface area contributed by atoms with E-state index >= 15 is 0 Å². The highest BCUT2D eigenvalue weighted by molar-refractivity contribution is 5.67.